The van der Waals surface area contributed by atoms with Crippen LogP contribution in [0.2, 0.25) is 0 Å². The molecule has 1 heterocycles. The number of nitrogens with one attached hydrogen (secondary N) is 1. The van der Waals surface area contributed by atoms with Crippen molar-refractivity contribution in [2.45, 2.75) is 69.7 Å². The number of aryl methyl sites for hydroxylation is 2. The summed E-state index contributed by atoms with van der Waals surface area (Å²) in [5, 5.41) is 4.64. The standard InChI is InChI=1S/C23H27NO2/c25-22(24-23-10-14-4-15(11-23)6-16(5-14)12-23)9-19-13-26-21-8-18-3-1-2-17(18)7-20(19)21/h7-8,13-16H,1-6,9-12H2,(H,24,25). The highest BCUT2D eigenvalue weighted by atomic mass is 16.3. The van der Waals surface area contributed by atoms with E-state index in [0.717, 1.165) is 47.1 Å². The van der Waals surface area contributed by atoms with Gasteiger partial charge in [0.1, 0.15) is 5.58 Å². The zero-order chi connectivity index (χ0) is 17.3. The van der Waals surface area contributed by atoms with Gasteiger partial charge in [-0.15, -0.1) is 0 Å². The second-order valence-corrected chi connectivity index (χ2v) is 9.65. The minimum absolute atomic E-state index is 0.104. The predicted octanol–water partition coefficient (Wildman–Crippen LogP) is 4.55. The Bertz CT molecular complexity index is 858. The van der Waals surface area contributed by atoms with Crippen LogP contribution in [0.5, 0.6) is 0 Å². The fourth-order valence-corrected chi connectivity index (χ4v) is 7.06. The van der Waals surface area contributed by atoms with E-state index in [1.54, 1.807) is 6.26 Å². The topological polar surface area (TPSA) is 42.2 Å². The largest absolute Gasteiger partial charge is 0.464 e. The second kappa shape index (κ2) is 5.37. The summed E-state index contributed by atoms with van der Waals surface area (Å²) < 4.78 is 5.79. The molecule has 0 spiro atoms. The average molecular weight is 349 g/mol. The molecule has 1 N–H and O–H groups in total. The van der Waals surface area contributed by atoms with Crippen molar-refractivity contribution < 1.29 is 9.21 Å². The van der Waals surface area contributed by atoms with Gasteiger partial charge in [-0.25, -0.2) is 0 Å². The third kappa shape index (κ3) is 2.35. The molecule has 1 aromatic heterocycles. The molecule has 0 unspecified atom stereocenters. The van der Waals surface area contributed by atoms with E-state index >= 15 is 0 Å². The van der Waals surface area contributed by atoms with Crippen molar-refractivity contribution in [3.8, 4) is 0 Å². The molecule has 5 aliphatic rings. The van der Waals surface area contributed by atoms with Crippen LogP contribution in [-0.4, -0.2) is 11.4 Å². The molecule has 4 bridgehead atoms. The van der Waals surface area contributed by atoms with Gasteiger partial charge in [-0.1, -0.05) is 0 Å². The number of carbonyl (C=O) groups excluding carboxylic acids is 1. The quantitative estimate of drug-likeness (QED) is 0.883. The van der Waals surface area contributed by atoms with Crippen LogP contribution >= 0.6 is 0 Å². The van der Waals surface area contributed by atoms with Gasteiger partial charge in [0.05, 0.1) is 12.7 Å². The molecule has 136 valence electrons. The monoisotopic (exact) mass is 349 g/mol. The van der Waals surface area contributed by atoms with E-state index in [1.165, 1.54) is 56.1 Å². The maximum atomic E-state index is 12.9. The van der Waals surface area contributed by atoms with Crippen LogP contribution in [0.15, 0.2) is 22.8 Å². The SMILES string of the molecule is O=C(Cc1coc2cc3c(cc12)CCC3)NC12CC3CC(CC(C3)C1)C2. The lowest BCUT2D eigenvalue weighted by atomic mass is 9.53. The van der Waals surface area contributed by atoms with Gasteiger partial charge in [0.25, 0.3) is 0 Å². The van der Waals surface area contributed by atoms with Crippen molar-refractivity contribution in [2.75, 3.05) is 0 Å². The molecule has 26 heavy (non-hydrogen) atoms. The number of hydrogen-bond donors (Lipinski definition) is 1. The van der Waals surface area contributed by atoms with Crippen molar-refractivity contribution in [1.82, 2.24) is 5.32 Å². The Balaban J connectivity index is 1.23. The number of rotatable bonds is 3. The second-order valence-electron chi connectivity index (χ2n) is 9.65. The Morgan fingerprint density at radius 3 is 2.38 bits per heavy atom. The number of furan rings is 1. The molecule has 1 aromatic carbocycles. The van der Waals surface area contributed by atoms with Crippen molar-refractivity contribution >= 4 is 16.9 Å². The smallest absolute Gasteiger partial charge is 0.224 e. The van der Waals surface area contributed by atoms with Crippen LogP contribution in [0.25, 0.3) is 11.0 Å². The third-order valence-electron chi connectivity index (χ3n) is 7.66. The van der Waals surface area contributed by atoms with Crippen LogP contribution in [0.1, 0.15) is 61.6 Å². The van der Waals surface area contributed by atoms with Gasteiger partial charge in [0.15, 0.2) is 0 Å². The highest BCUT2D eigenvalue weighted by Crippen LogP contribution is 2.55. The van der Waals surface area contributed by atoms with E-state index < -0.39 is 0 Å². The Kier molecular flexibility index (Phi) is 3.16. The van der Waals surface area contributed by atoms with Crippen LogP contribution in [0.3, 0.4) is 0 Å². The summed E-state index contributed by atoms with van der Waals surface area (Å²) >= 11 is 0. The lowest BCUT2D eigenvalue weighted by Gasteiger charge is -2.56. The molecular formula is C23H27NO2. The first kappa shape index (κ1) is 15.3. The van der Waals surface area contributed by atoms with Crippen molar-refractivity contribution in [3.63, 3.8) is 0 Å². The van der Waals surface area contributed by atoms with Gasteiger partial charge in [0, 0.05) is 16.5 Å². The molecule has 4 fully saturated rings. The predicted molar refractivity (Wildman–Crippen MR) is 101 cm³/mol. The zero-order valence-corrected chi connectivity index (χ0v) is 15.4. The maximum Gasteiger partial charge on any atom is 0.224 e. The van der Waals surface area contributed by atoms with Crippen LogP contribution in [-0.2, 0) is 24.1 Å². The van der Waals surface area contributed by atoms with E-state index in [1.807, 2.05) is 0 Å². The molecule has 0 radical (unpaired) electrons. The van der Waals surface area contributed by atoms with Crippen LogP contribution in [0, 0.1) is 17.8 Å². The average Bonchev–Trinajstić information content (AvgIpc) is 3.17. The molecular weight excluding hydrogens is 322 g/mol. The summed E-state index contributed by atoms with van der Waals surface area (Å²) in [6, 6.07) is 4.46. The Hall–Kier alpha value is -1.77. The summed E-state index contributed by atoms with van der Waals surface area (Å²) in [6.45, 7) is 0. The van der Waals surface area contributed by atoms with E-state index in [4.69, 9.17) is 4.42 Å². The minimum atomic E-state index is 0.104. The van der Waals surface area contributed by atoms with Gasteiger partial charge in [-0.2, -0.15) is 0 Å². The molecule has 5 aliphatic carbocycles. The Morgan fingerprint density at radius 2 is 1.69 bits per heavy atom. The summed E-state index contributed by atoms with van der Waals surface area (Å²) in [7, 11) is 0. The number of benzene rings is 1. The number of carbonyl (C=O) groups is 1. The molecule has 7 rings (SSSR count). The Morgan fingerprint density at radius 1 is 1.04 bits per heavy atom. The molecule has 3 nitrogen and oxygen atoms in total. The fourth-order valence-electron chi connectivity index (χ4n) is 7.06. The van der Waals surface area contributed by atoms with E-state index in [-0.39, 0.29) is 11.4 Å². The van der Waals surface area contributed by atoms with E-state index in [2.05, 4.69) is 17.4 Å². The molecule has 0 atom stereocenters. The number of amides is 1. The van der Waals surface area contributed by atoms with Gasteiger partial charge in [0.2, 0.25) is 5.91 Å². The van der Waals surface area contributed by atoms with E-state index in [0.29, 0.717) is 6.42 Å². The zero-order valence-electron chi connectivity index (χ0n) is 15.4. The fraction of sp³-hybridized carbons (Fsp3) is 0.609. The first-order valence-electron chi connectivity index (χ1n) is 10.5. The lowest BCUT2D eigenvalue weighted by Crippen LogP contribution is -2.60. The Labute approximate surface area is 154 Å². The molecule has 0 aliphatic heterocycles. The normalized spacial score (nSPS) is 34.4. The highest BCUT2D eigenvalue weighted by Gasteiger charge is 2.51. The third-order valence-corrected chi connectivity index (χ3v) is 7.66. The van der Waals surface area contributed by atoms with Gasteiger partial charge < -0.3 is 9.73 Å². The highest BCUT2D eigenvalue weighted by molar-refractivity contribution is 5.89. The van der Waals surface area contributed by atoms with Crippen LogP contribution < -0.4 is 5.32 Å². The summed E-state index contributed by atoms with van der Waals surface area (Å²) in [5.74, 6) is 2.77. The van der Waals surface area contributed by atoms with Gasteiger partial charge in [-0.3, -0.25) is 4.79 Å². The van der Waals surface area contributed by atoms with Crippen molar-refractivity contribution in [1.29, 1.82) is 0 Å². The number of hydrogen-bond acceptors (Lipinski definition) is 2. The molecule has 4 saturated carbocycles. The lowest BCUT2D eigenvalue weighted by molar-refractivity contribution is -0.126. The van der Waals surface area contributed by atoms with Gasteiger partial charge >= 0.3 is 0 Å². The van der Waals surface area contributed by atoms with Crippen molar-refractivity contribution in [2.24, 2.45) is 17.8 Å². The number of fused-ring (bicyclic) bond motifs is 2. The maximum absolute atomic E-state index is 12.9. The molecule has 1 amide bonds. The van der Waals surface area contributed by atoms with E-state index in [9.17, 15) is 4.79 Å². The summed E-state index contributed by atoms with van der Waals surface area (Å²) in [4.78, 5) is 12.9. The minimum Gasteiger partial charge on any atom is -0.464 e. The molecule has 0 saturated heterocycles. The molecule has 2 aromatic rings. The van der Waals surface area contributed by atoms with Crippen LogP contribution in [0.4, 0.5) is 0 Å². The first-order chi connectivity index (χ1) is 12.7. The van der Waals surface area contributed by atoms with Crippen molar-refractivity contribution in [3.05, 3.63) is 35.1 Å². The summed E-state index contributed by atoms with van der Waals surface area (Å²) in [5.41, 5.74) is 4.98. The molecule has 3 heteroatoms. The van der Waals surface area contributed by atoms with Gasteiger partial charge in [-0.05, 0) is 98.8 Å². The first-order valence-corrected chi connectivity index (χ1v) is 10.5. The summed E-state index contributed by atoms with van der Waals surface area (Å²) in [6.07, 6.45) is 13.7.